The number of azo groups is 1. The van der Waals surface area contributed by atoms with E-state index in [1.807, 2.05) is 42.5 Å². The molecule has 0 radical (unpaired) electrons. The molecule has 2 aliphatic rings. The van der Waals surface area contributed by atoms with Crippen molar-refractivity contribution in [1.82, 2.24) is 0 Å². The summed E-state index contributed by atoms with van der Waals surface area (Å²) in [6.45, 7) is 0. The van der Waals surface area contributed by atoms with Crippen molar-refractivity contribution < 1.29 is 14.7 Å². The van der Waals surface area contributed by atoms with Crippen LogP contribution in [0.3, 0.4) is 0 Å². The van der Waals surface area contributed by atoms with Crippen LogP contribution in [0, 0.1) is 23.7 Å². The number of aliphatic carboxylic acids is 1. The quantitative estimate of drug-likeness (QED) is 0.604. The standard InChI is InChI=1S/C21H19N3O3/c25-20(18-13-6-7-14(12-13)19(18)21(26)27)22-15-8-10-17(11-9-15)24-23-16-4-2-1-3-5-16/h1-11,13-14,18-19H,12H2,(H,22,25)(H,26,27)/t13-,14-,18-,19-/m0/s1. The molecule has 27 heavy (non-hydrogen) atoms. The number of hydrogen-bond donors (Lipinski definition) is 2. The van der Waals surface area contributed by atoms with Gasteiger partial charge in [0.2, 0.25) is 5.91 Å². The summed E-state index contributed by atoms with van der Waals surface area (Å²) in [5.74, 6) is -2.32. The average Bonchev–Trinajstić information content (AvgIpc) is 3.30. The molecule has 4 rings (SSSR count). The Bertz CT molecular complexity index is 906. The number of rotatable bonds is 5. The molecule has 4 atom stereocenters. The Kier molecular flexibility index (Phi) is 4.54. The van der Waals surface area contributed by atoms with Gasteiger partial charge in [0.15, 0.2) is 0 Å². The molecule has 0 aliphatic heterocycles. The van der Waals surface area contributed by atoms with Gasteiger partial charge in [-0.2, -0.15) is 10.2 Å². The highest BCUT2D eigenvalue weighted by Gasteiger charge is 2.51. The fourth-order valence-corrected chi connectivity index (χ4v) is 3.96. The second-order valence-corrected chi connectivity index (χ2v) is 6.91. The SMILES string of the molecule is O=C(O)[C@@H]1[C@@H](C(=O)Nc2ccc(N=Nc3ccccc3)cc2)[C@H]2C=C[C@H]1C2. The third kappa shape index (κ3) is 3.51. The first kappa shape index (κ1) is 17.1. The van der Waals surface area contributed by atoms with Crippen LogP contribution in [0.1, 0.15) is 6.42 Å². The Morgan fingerprint density at radius 1 is 0.852 bits per heavy atom. The Morgan fingerprint density at radius 3 is 2.07 bits per heavy atom. The summed E-state index contributed by atoms with van der Waals surface area (Å²) in [4.78, 5) is 24.2. The number of nitrogens with zero attached hydrogens (tertiary/aromatic N) is 2. The molecule has 2 aromatic carbocycles. The fraction of sp³-hybridized carbons (Fsp3) is 0.238. The van der Waals surface area contributed by atoms with Crippen molar-refractivity contribution in [2.24, 2.45) is 33.9 Å². The van der Waals surface area contributed by atoms with E-state index in [-0.39, 0.29) is 17.7 Å². The smallest absolute Gasteiger partial charge is 0.307 e. The van der Waals surface area contributed by atoms with Crippen LogP contribution in [0.25, 0.3) is 0 Å². The Morgan fingerprint density at radius 2 is 1.44 bits per heavy atom. The van der Waals surface area contributed by atoms with E-state index in [4.69, 9.17) is 0 Å². The molecule has 2 aliphatic carbocycles. The number of carbonyl (C=O) groups is 2. The van der Waals surface area contributed by atoms with E-state index in [1.54, 1.807) is 24.3 Å². The predicted molar refractivity (Wildman–Crippen MR) is 101 cm³/mol. The first-order valence-corrected chi connectivity index (χ1v) is 8.90. The zero-order valence-corrected chi connectivity index (χ0v) is 14.5. The normalized spacial score (nSPS) is 25.8. The van der Waals surface area contributed by atoms with Gasteiger partial charge in [0.05, 0.1) is 23.2 Å². The minimum atomic E-state index is -0.899. The van der Waals surface area contributed by atoms with Gasteiger partial charge in [-0.1, -0.05) is 30.4 Å². The number of anilines is 1. The highest BCUT2D eigenvalue weighted by Crippen LogP contribution is 2.48. The van der Waals surface area contributed by atoms with Gasteiger partial charge in [0, 0.05) is 5.69 Å². The third-order valence-electron chi connectivity index (χ3n) is 5.22. The van der Waals surface area contributed by atoms with E-state index >= 15 is 0 Å². The van der Waals surface area contributed by atoms with E-state index in [0.717, 1.165) is 12.1 Å². The molecule has 0 spiro atoms. The van der Waals surface area contributed by atoms with Crippen molar-refractivity contribution in [2.75, 3.05) is 5.32 Å². The van der Waals surface area contributed by atoms with Gasteiger partial charge in [-0.15, -0.1) is 0 Å². The summed E-state index contributed by atoms with van der Waals surface area (Å²) in [5.41, 5.74) is 2.05. The zero-order chi connectivity index (χ0) is 18.8. The van der Waals surface area contributed by atoms with Crippen LogP contribution < -0.4 is 5.32 Å². The van der Waals surface area contributed by atoms with Crippen LogP contribution in [0.5, 0.6) is 0 Å². The Hall–Kier alpha value is -3.28. The minimum Gasteiger partial charge on any atom is -0.481 e. The summed E-state index contributed by atoms with van der Waals surface area (Å²) in [7, 11) is 0. The molecule has 2 N–H and O–H groups in total. The molecule has 0 aromatic heterocycles. The van der Waals surface area contributed by atoms with Crippen molar-refractivity contribution in [2.45, 2.75) is 6.42 Å². The highest BCUT2D eigenvalue weighted by molar-refractivity contribution is 5.96. The summed E-state index contributed by atoms with van der Waals surface area (Å²) in [6, 6.07) is 16.4. The van der Waals surface area contributed by atoms with Gasteiger partial charge in [-0.25, -0.2) is 0 Å². The number of benzene rings is 2. The monoisotopic (exact) mass is 361 g/mol. The Balaban J connectivity index is 1.43. The van der Waals surface area contributed by atoms with E-state index in [0.29, 0.717) is 11.4 Å². The molecule has 6 nitrogen and oxygen atoms in total. The van der Waals surface area contributed by atoms with Crippen LogP contribution in [0.2, 0.25) is 0 Å². The molecule has 2 aromatic rings. The summed E-state index contributed by atoms with van der Waals surface area (Å²) < 4.78 is 0. The van der Waals surface area contributed by atoms with Gasteiger partial charge in [0.25, 0.3) is 0 Å². The van der Waals surface area contributed by atoms with E-state index < -0.39 is 17.8 Å². The fourth-order valence-electron chi connectivity index (χ4n) is 3.96. The van der Waals surface area contributed by atoms with E-state index in [2.05, 4.69) is 15.5 Å². The molecule has 0 saturated heterocycles. The molecule has 1 fully saturated rings. The lowest BCUT2D eigenvalue weighted by Crippen LogP contribution is -2.36. The molecule has 6 heteroatoms. The molecule has 136 valence electrons. The van der Waals surface area contributed by atoms with Crippen molar-refractivity contribution >= 4 is 28.9 Å². The molecule has 0 unspecified atom stereocenters. The van der Waals surface area contributed by atoms with Crippen molar-refractivity contribution in [3.63, 3.8) is 0 Å². The van der Waals surface area contributed by atoms with E-state index in [1.165, 1.54) is 0 Å². The Labute approximate surface area is 156 Å². The van der Waals surface area contributed by atoms with Gasteiger partial charge < -0.3 is 10.4 Å². The van der Waals surface area contributed by atoms with E-state index in [9.17, 15) is 14.7 Å². The molecular formula is C21H19N3O3. The zero-order valence-electron chi connectivity index (χ0n) is 14.5. The lowest BCUT2D eigenvalue weighted by Gasteiger charge is -2.23. The van der Waals surface area contributed by atoms with Crippen LogP contribution in [-0.2, 0) is 9.59 Å². The van der Waals surface area contributed by atoms with Gasteiger partial charge in [-0.3, -0.25) is 9.59 Å². The van der Waals surface area contributed by atoms with Crippen molar-refractivity contribution in [3.8, 4) is 0 Å². The maximum absolute atomic E-state index is 12.7. The number of carbonyl (C=O) groups excluding carboxylic acids is 1. The summed E-state index contributed by atoms with van der Waals surface area (Å²) in [5, 5.41) is 20.6. The number of fused-ring (bicyclic) bond motifs is 2. The lowest BCUT2D eigenvalue weighted by atomic mass is 9.82. The van der Waals surface area contributed by atoms with Crippen LogP contribution in [0.15, 0.2) is 77.0 Å². The van der Waals surface area contributed by atoms with Crippen LogP contribution in [0.4, 0.5) is 17.1 Å². The second kappa shape index (κ2) is 7.15. The summed E-state index contributed by atoms with van der Waals surface area (Å²) in [6.07, 6.45) is 4.65. The van der Waals surface area contributed by atoms with Crippen LogP contribution in [-0.4, -0.2) is 17.0 Å². The van der Waals surface area contributed by atoms with Crippen molar-refractivity contribution in [1.29, 1.82) is 0 Å². The number of allylic oxidation sites excluding steroid dienone is 2. The van der Waals surface area contributed by atoms with Gasteiger partial charge in [0.1, 0.15) is 0 Å². The first-order valence-electron chi connectivity index (χ1n) is 8.90. The molecule has 1 saturated carbocycles. The molecule has 1 amide bonds. The predicted octanol–water partition coefficient (Wildman–Crippen LogP) is 4.56. The first-order chi connectivity index (χ1) is 13.1. The summed E-state index contributed by atoms with van der Waals surface area (Å²) >= 11 is 0. The van der Waals surface area contributed by atoms with Gasteiger partial charge in [-0.05, 0) is 54.7 Å². The second-order valence-electron chi connectivity index (χ2n) is 6.91. The minimum absolute atomic E-state index is 0.00930. The third-order valence-corrected chi connectivity index (χ3v) is 5.22. The molecule has 2 bridgehead atoms. The largest absolute Gasteiger partial charge is 0.481 e. The number of amides is 1. The molecular weight excluding hydrogens is 342 g/mol. The molecule has 0 heterocycles. The number of carboxylic acid groups (broad SMARTS) is 1. The maximum Gasteiger partial charge on any atom is 0.307 e. The maximum atomic E-state index is 12.7. The number of carboxylic acids is 1. The topological polar surface area (TPSA) is 91.1 Å². The number of hydrogen-bond acceptors (Lipinski definition) is 4. The van der Waals surface area contributed by atoms with Crippen molar-refractivity contribution in [3.05, 3.63) is 66.7 Å². The van der Waals surface area contributed by atoms with Crippen LogP contribution >= 0.6 is 0 Å². The lowest BCUT2D eigenvalue weighted by molar-refractivity contribution is -0.146. The number of nitrogens with one attached hydrogen (secondary N) is 1. The average molecular weight is 361 g/mol. The highest BCUT2D eigenvalue weighted by atomic mass is 16.4. The van der Waals surface area contributed by atoms with Gasteiger partial charge >= 0.3 is 5.97 Å².